The molecule has 0 nitrogen and oxygen atoms in total. The Kier molecular flexibility index (Phi) is 7.25. The maximum atomic E-state index is 4.35. The Hall–Kier alpha value is -1.39. The summed E-state index contributed by atoms with van der Waals surface area (Å²) in [5, 5.41) is 3.18. The van der Waals surface area contributed by atoms with Gasteiger partial charge in [-0.25, -0.2) is 0 Å². The van der Waals surface area contributed by atoms with Crippen molar-refractivity contribution < 1.29 is 0 Å². The molecule has 0 atom stereocenters. The molecule has 0 fully saturated rings. The van der Waals surface area contributed by atoms with E-state index in [0.717, 1.165) is 5.57 Å². The Balaban J connectivity index is 2.16. The van der Waals surface area contributed by atoms with Gasteiger partial charge in [-0.05, 0) is 16.7 Å². The monoisotopic (exact) mass is 352 g/mol. The molecule has 0 radical (unpaired) electrons. The van der Waals surface area contributed by atoms with Gasteiger partial charge in [0, 0.05) is 0 Å². The molecule has 0 aliphatic carbocycles. The minimum absolute atomic E-state index is 0.727. The minimum atomic E-state index is -0.727. The SMILES string of the molecule is C=C(c1ccc([SiH](CC)CC)cc1)c1ccc([SiH](CC)CC)cc1. The van der Waals surface area contributed by atoms with Gasteiger partial charge in [-0.3, -0.25) is 0 Å². The maximum absolute atomic E-state index is 4.35. The first-order chi connectivity index (χ1) is 11.6. The normalized spacial score (nSPS) is 11.2. The van der Waals surface area contributed by atoms with Crippen LogP contribution >= 0.6 is 0 Å². The first kappa shape index (κ1) is 18.9. The molecule has 2 rings (SSSR count). The van der Waals surface area contributed by atoms with Crippen LogP contribution in [-0.2, 0) is 0 Å². The van der Waals surface area contributed by atoms with Crippen LogP contribution in [0, 0.1) is 0 Å². The predicted octanol–water partition coefficient (Wildman–Crippen LogP) is 4.70. The number of benzene rings is 2. The van der Waals surface area contributed by atoms with Gasteiger partial charge < -0.3 is 0 Å². The molecule has 0 aromatic heterocycles. The van der Waals surface area contributed by atoms with Crippen molar-refractivity contribution in [3.05, 3.63) is 66.2 Å². The average molecular weight is 353 g/mol. The molecule has 0 bridgehead atoms. The fraction of sp³-hybridized carbons (Fsp3) is 0.364. The van der Waals surface area contributed by atoms with E-state index in [2.05, 4.69) is 82.8 Å². The van der Waals surface area contributed by atoms with E-state index < -0.39 is 17.6 Å². The van der Waals surface area contributed by atoms with Gasteiger partial charge in [-0.2, -0.15) is 0 Å². The third-order valence-electron chi connectivity index (χ3n) is 5.43. The Morgan fingerprint density at radius 2 is 0.917 bits per heavy atom. The van der Waals surface area contributed by atoms with Gasteiger partial charge in [0.1, 0.15) is 0 Å². The molecule has 2 aromatic carbocycles. The standard InChI is InChI=1S/C22H32Si2/c1-6-23(7-2)21-14-10-19(11-15-21)18(5)20-12-16-22(17-13-20)24(8-3)9-4/h10-17,23-24H,5-9H2,1-4H3. The van der Waals surface area contributed by atoms with Crippen molar-refractivity contribution in [1.29, 1.82) is 0 Å². The molecule has 0 amide bonds. The van der Waals surface area contributed by atoms with E-state index in [9.17, 15) is 0 Å². The van der Waals surface area contributed by atoms with Crippen molar-refractivity contribution >= 4 is 33.5 Å². The van der Waals surface area contributed by atoms with Crippen molar-refractivity contribution in [2.24, 2.45) is 0 Å². The van der Waals surface area contributed by atoms with E-state index in [4.69, 9.17) is 0 Å². The summed E-state index contributed by atoms with van der Waals surface area (Å²) in [6.45, 7) is 13.7. The lowest BCUT2D eigenvalue weighted by Crippen LogP contribution is -2.28. The zero-order valence-corrected chi connectivity index (χ0v) is 18.1. The topological polar surface area (TPSA) is 0 Å². The van der Waals surface area contributed by atoms with Crippen LogP contribution in [0.5, 0.6) is 0 Å². The number of hydrogen-bond donors (Lipinski definition) is 0. The maximum Gasteiger partial charge on any atom is 0.0702 e. The molecule has 0 aliphatic heterocycles. The molecule has 0 aliphatic rings. The third kappa shape index (κ3) is 4.37. The van der Waals surface area contributed by atoms with Crippen LogP contribution in [0.2, 0.25) is 24.2 Å². The molecule has 128 valence electrons. The summed E-state index contributed by atoms with van der Waals surface area (Å²) in [5.74, 6) is 0. The first-order valence-corrected chi connectivity index (χ1v) is 14.0. The molecule has 0 unspecified atom stereocenters. The average Bonchev–Trinajstić information content (AvgIpc) is 2.64. The highest BCUT2D eigenvalue weighted by molar-refractivity contribution is 6.73. The number of hydrogen-bond acceptors (Lipinski definition) is 0. The van der Waals surface area contributed by atoms with Gasteiger partial charge in [-0.15, -0.1) is 0 Å². The van der Waals surface area contributed by atoms with E-state index >= 15 is 0 Å². The van der Waals surface area contributed by atoms with Gasteiger partial charge >= 0.3 is 0 Å². The van der Waals surface area contributed by atoms with Crippen LogP contribution in [-0.4, -0.2) is 17.6 Å². The van der Waals surface area contributed by atoms with E-state index in [1.54, 1.807) is 10.4 Å². The Bertz CT molecular complexity index is 575. The third-order valence-corrected chi connectivity index (χ3v) is 12.0. The van der Waals surface area contributed by atoms with Gasteiger partial charge in [0.05, 0.1) is 17.6 Å². The van der Waals surface area contributed by atoms with Crippen molar-refractivity contribution in [2.45, 2.75) is 51.9 Å². The van der Waals surface area contributed by atoms with Gasteiger partial charge in [0.15, 0.2) is 0 Å². The Labute approximate surface area is 151 Å². The quantitative estimate of drug-likeness (QED) is 0.604. The summed E-state index contributed by atoms with van der Waals surface area (Å²) in [6, 6.07) is 23.8. The van der Waals surface area contributed by atoms with Crippen LogP contribution in [0.4, 0.5) is 0 Å². The molecule has 2 aromatic rings. The van der Waals surface area contributed by atoms with Gasteiger partial charge in [-0.1, -0.05) is 117 Å². The van der Waals surface area contributed by atoms with Crippen molar-refractivity contribution in [1.82, 2.24) is 0 Å². The summed E-state index contributed by atoms with van der Waals surface area (Å²) >= 11 is 0. The summed E-state index contributed by atoms with van der Waals surface area (Å²) in [5.41, 5.74) is 3.66. The molecule has 2 heteroatoms. The van der Waals surface area contributed by atoms with Crippen LogP contribution in [0.1, 0.15) is 38.8 Å². The van der Waals surface area contributed by atoms with Gasteiger partial charge in [0.2, 0.25) is 0 Å². The Morgan fingerprint density at radius 3 is 1.17 bits per heavy atom. The summed E-state index contributed by atoms with van der Waals surface area (Å²) in [6.07, 6.45) is 0. The van der Waals surface area contributed by atoms with Crippen molar-refractivity contribution in [3.8, 4) is 0 Å². The lowest BCUT2D eigenvalue weighted by atomic mass is 10.00. The molecule has 0 spiro atoms. The fourth-order valence-corrected chi connectivity index (χ4v) is 8.11. The minimum Gasteiger partial charge on any atom is -0.0906 e. The zero-order valence-electron chi connectivity index (χ0n) is 15.8. The lowest BCUT2D eigenvalue weighted by Gasteiger charge is -2.14. The van der Waals surface area contributed by atoms with E-state index in [-0.39, 0.29) is 0 Å². The molecular formula is C22H32Si2. The molecular weight excluding hydrogens is 320 g/mol. The highest BCUT2D eigenvalue weighted by Crippen LogP contribution is 2.20. The highest BCUT2D eigenvalue weighted by Gasteiger charge is 2.11. The molecule has 0 N–H and O–H groups in total. The highest BCUT2D eigenvalue weighted by atomic mass is 28.3. The van der Waals surface area contributed by atoms with Crippen LogP contribution in [0.3, 0.4) is 0 Å². The van der Waals surface area contributed by atoms with E-state index in [1.807, 2.05) is 0 Å². The van der Waals surface area contributed by atoms with Crippen LogP contribution in [0.15, 0.2) is 55.1 Å². The van der Waals surface area contributed by atoms with Crippen molar-refractivity contribution in [3.63, 3.8) is 0 Å². The summed E-state index contributed by atoms with van der Waals surface area (Å²) in [7, 11) is -1.45. The second kappa shape index (κ2) is 9.19. The lowest BCUT2D eigenvalue weighted by molar-refractivity contribution is 1.33. The second-order valence-corrected chi connectivity index (χ2v) is 14.1. The van der Waals surface area contributed by atoms with Crippen LogP contribution in [0.25, 0.3) is 5.57 Å². The molecule has 0 heterocycles. The largest absolute Gasteiger partial charge is 0.0906 e. The Morgan fingerprint density at radius 1 is 0.625 bits per heavy atom. The molecule has 24 heavy (non-hydrogen) atoms. The predicted molar refractivity (Wildman–Crippen MR) is 117 cm³/mol. The molecule has 0 saturated carbocycles. The first-order valence-electron chi connectivity index (χ1n) is 9.54. The van der Waals surface area contributed by atoms with E-state index in [1.165, 1.54) is 35.3 Å². The number of rotatable bonds is 8. The van der Waals surface area contributed by atoms with Crippen LogP contribution < -0.4 is 10.4 Å². The van der Waals surface area contributed by atoms with E-state index in [0.29, 0.717) is 0 Å². The smallest absolute Gasteiger partial charge is 0.0702 e. The summed E-state index contributed by atoms with van der Waals surface area (Å²) < 4.78 is 0. The summed E-state index contributed by atoms with van der Waals surface area (Å²) in [4.78, 5) is 0. The molecule has 0 saturated heterocycles. The van der Waals surface area contributed by atoms with Gasteiger partial charge in [0.25, 0.3) is 0 Å². The van der Waals surface area contributed by atoms with Crippen molar-refractivity contribution in [2.75, 3.05) is 0 Å². The zero-order chi connectivity index (χ0) is 17.5. The second-order valence-electron chi connectivity index (χ2n) is 6.75. The fourth-order valence-electron chi connectivity index (χ4n) is 3.60.